The molecule has 0 aliphatic heterocycles. The van der Waals surface area contributed by atoms with Crippen LogP contribution in [0.15, 0.2) is 67.1 Å². The molecule has 2 aromatic heterocycles. The van der Waals surface area contributed by atoms with E-state index in [1.165, 1.54) is 0 Å². The fraction of sp³-hybridized carbons (Fsp3) is 0.148. The lowest BCUT2D eigenvalue weighted by atomic mass is 9.89. The zero-order chi connectivity index (χ0) is 24.5. The number of aromatic nitrogens is 4. The Bertz CT molecular complexity index is 1530. The number of hydrogen-bond donors (Lipinski definition) is 1. The van der Waals surface area contributed by atoms with Gasteiger partial charge in [0.1, 0.15) is 0 Å². The summed E-state index contributed by atoms with van der Waals surface area (Å²) in [5.41, 5.74) is 6.56. The van der Waals surface area contributed by atoms with Crippen molar-refractivity contribution in [3.63, 3.8) is 0 Å². The van der Waals surface area contributed by atoms with Gasteiger partial charge in [-0.05, 0) is 76.5 Å². The van der Waals surface area contributed by atoms with Gasteiger partial charge < -0.3 is 14.4 Å². The van der Waals surface area contributed by atoms with E-state index in [0.717, 1.165) is 42.5 Å². The maximum absolute atomic E-state index is 10.7. The minimum atomic E-state index is -0.167. The van der Waals surface area contributed by atoms with Crippen molar-refractivity contribution in [2.24, 2.45) is 7.05 Å². The van der Waals surface area contributed by atoms with Crippen LogP contribution in [0.25, 0.3) is 44.5 Å². The summed E-state index contributed by atoms with van der Waals surface area (Å²) in [5.74, 6) is 0. The van der Waals surface area contributed by atoms with Crippen LogP contribution >= 0.6 is 34.2 Å². The predicted molar refractivity (Wildman–Crippen MR) is 147 cm³/mol. The van der Waals surface area contributed by atoms with Gasteiger partial charge >= 0.3 is 6.01 Å². The summed E-state index contributed by atoms with van der Waals surface area (Å²) in [7, 11) is 1.93. The van der Waals surface area contributed by atoms with Crippen LogP contribution in [-0.4, -0.2) is 31.2 Å². The first-order chi connectivity index (χ1) is 17.0. The molecule has 0 bridgehead atoms. The Kier molecular flexibility index (Phi) is 6.73. The summed E-state index contributed by atoms with van der Waals surface area (Å²) in [6.45, 7) is 2.17. The molecule has 5 aromatic rings. The van der Waals surface area contributed by atoms with Crippen molar-refractivity contribution in [3.05, 3.63) is 81.3 Å². The summed E-state index contributed by atoms with van der Waals surface area (Å²) in [6, 6.07) is 18.0. The van der Waals surface area contributed by atoms with Crippen LogP contribution in [0.3, 0.4) is 0 Å². The molecule has 176 valence electrons. The van der Waals surface area contributed by atoms with E-state index in [0.29, 0.717) is 22.8 Å². The number of halogens is 2. The van der Waals surface area contributed by atoms with Crippen molar-refractivity contribution in [2.75, 3.05) is 6.61 Å². The van der Waals surface area contributed by atoms with Gasteiger partial charge in [0.15, 0.2) is 0 Å². The molecule has 8 heteroatoms. The van der Waals surface area contributed by atoms with Gasteiger partial charge in [-0.25, -0.2) is 4.98 Å². The summed E-state index contributed by atoms with van der Waals surface area (Å²) < 4.78 is 8.82. The highest BCUT2D eigenvalue weighted by Gasteiger charge is 2.23. The van der Waals surface area contributed by atoms with Gasteiger partial charge in [0.05, 0.1) is 42.6 Å². The van der Waals surface area contributed by atoms with Crippen molar-refractivity contribution >= 4 is 45.1 Å². The van der Waals surface area contributed by atoms with Crippen LogP contribution in [0, 0.1) is 3.57 Å². The zero-order valence-corrected chi connectivity index (χ0v) is 22.1. The van der Waals surface area contributed by atoms with Crippen LogP contribution in [0.5, 0.6) is 6.01 Å². The van der Waals surface area contributed by atoms with Gasteiger partial charge in [-0.1, -0.05) is 35.9 Å². The van der Waals surface area contributed by atoms with Crippen molar-refractivity contribution in [2.45, 2.75) is 13.5 Å². The molecule has 5 rings (SSSR count). The number of nitrogens with zero attached hydrogens (tertiary/aromatic N) is 4. The molecule has 0 atom stereocenters. The molecular weight excluding hydrogens is 575 g/mol. The smallest absolute Gasteiger partial charge is 0.317 e. The van der Waals surface area contributed by atoms with E-state index in [9.17, 15) is 5.11 Å². The van der Waals surface area contributed by atoms with Crippen molar-refractivity contribution in [1.82, 2.24) is 19.5 Å². The normalized spacial score (nSPS) is 11.2. The number of aliphatic hydroxyl groups is 1. The van der Waals surface area contributed by atoms with Crippen LogP contribution in [0.1, 0.15) is 12.5 Å². The molecule has 3 aromatic carbocycles. The molecule has 0 saturated carbocycles. The number of ether oxygens (including phenoxy) is 1. The van der Waals surface area contributed by atoms with Crippen molar-refractivity contribution in [3.8, 4) is 39.7 Å². The predicted octanol–water partition coefficient (Wildman–Crippen LogP) is 6.51. The minimum Gasteiger partial charge on any atom is -0.464 e. The molecule has 0 spiro atoms. The quantitative estimate of drug-likeness (QED) is 0.226. The van der Waals surface area contributed by atoms with Gasteiger partial charge in [-0.2, -0.15) is 9.97 Å². The Labute approximate surface area is 221 Å². The zero-order valence-electron chi connectivity index (χ0n) is 19.2. The number of aliphatic hydroxyl groups excluding tert-OH is 1. The largest absolute Gasteiger partial charge is 0.464 e. The highest BCUT2D eigenvalue weighted by molar-refractivity contribution is 14.1. The second kappa shape index (κ2) is 9.93. The third-order valence-corrected chi connectivity index (χ3v) is 6.79. The maximum atomic E-state index is 10.7. The van der Waals surface area contributed by atoms with Crippen LogP contribution in [0.4, 0.5) is 0 Å². The molecular formula is C27H22ClIN4O2. The summed E-state index contributed by atoms with van der Waals surface area (Å²) in [4.78, 5) is 13.9. The second-order valence-corrected chi connectivity index (χ2v) is 9.71. The Morgan fingerprint density at radius 2 is 1.86 bits per heavy atom. The monoisotopic (exact) mass is 596 g/mol. The highest BCUT2D eigenvalue weighted by atomic mass is 127. The lowest BCUT2D eigenvalue weighted by molar-refractivity contribution is 0.283. The SMILES string of the molecule is CCOc1nc(-c2cccc(Cl)c2)c2c(-c3cncn3C)c(CO)c(-c3ccc(I)cc3)cc2n1. The first-order valence-corrected chi connectivity index (χ1v) is 12.6. The molecule has 0 aliphatic rings. The fourth-order valence-corrected chi connectivity index (χ4v) is 4.84. The van der Waals surface area contributed by atoms with Gasteiger partial charge in [0, 0.05) is 32.2 Å². The molecule has 0 unspecified atom stereocenters. The number of fused-ring (bicyclic) bond motifs is 1. The van der Waals surface area contributed by atoms with E-state index in [2.05, 4.69) is 39.7 Å². The van der Waals surface area contributed by atoms with E-state index in [1.807, 2.05) is 61.0 Å². The average molecular weight is 597 g/mol. The van der Waals surface area contributed by atoms with E-state index < -0.39 is 0 Å². The fourth-order valence-electron chi connectivity index (χ4n) is 4.29. The number of aryl methyl sites for hydroxylation is 1. The number of imidazole rings is 1. The summed E-state index contributed by atoms with van der Waals surface area (Å²) in [5, 5.41) is 12.1. The molecule has 0 fully saturated rings. The van der Waals surface area contributed by atoms with Gasteiger partial charge in [0.25, 0.3) is 0 Å². The topological polar surface area (TPSA) is 73.1 Å². The van der Waals surface area contributed by atoms with E-state index >= 15 is 0 Å². The van der Waals surface area contributed by atoms with E-state index in [-0.39, 0.29) is 12.6 Å². The Balaban J connectivity index is 1.96. The molecule has 0 amide bonds. The summed E-state index contributed by atoms with van der Waals surface area (Å²) >= 11 is 8.64. The minimum absolute atomic E-state index is 0.167. The third kappa shape index (κ3) is 4.51. The number of benzene rings is 3. The highest BCUT2D eigenvalue weighted by Crippen LogP contribution is 2.42. The molecule has 1 N–H and O–H groups in total. The van der Waals surface area contributed by atoms with Gasteiger partial charge in [-0.15, -0.1) is 0 Å². The lowest BCUT2D eigenvalue weighted by Gasteiger charge is -2.20. The number of hydrogen-bond acceptors (Lipinski definition) is 5. The molecule has 35 heavy (non-hydrogen) atoms. The van der Waals surface area contributed by atoms with Crippen molar-refractivity contribution < 1.29 is 9.84 Å². The van der Waals surface area contributed by atoms with Gasteiger partial charge in [0.2, 0.25) is 0 Å². The first kappa shape index (κ1) is 23.7. The third-order valence-electron chi connectivity index (χ3n) is 5.83. The first-order valence-electron chi connectivity index (χ1n) is 11.1. The Hall–Kier alpha value is -3.01. The Morgan fingerprint density at radius 3 is 2.51 bits per heavy atom. The van der Waals surface area contributed by atoms with Crippen LogP contribution < -0.4 is 4.74 Å². The van der Waals surface area contributed by atoms with Crippen LogP contribution in [-0.2, 0) is 13.7 Å². The maximum Gasteiger partial charge on any atom is 0.317 e. The molecule has 0 saturated heterocycles. The number of rotatable bonds is 6. The molecule has 0 radical (unpaired) electrons. The lowest BCUT2D eigenvalue weighted by Crippen LogP contribution is -2.05. The van der Waals surface area contributed by atoms with Crippen molar-refractivity contribution in [1.29, 1.82) is 0 Å². The molecule has 2 heterocycles. The molecule has 0 aliphatic carbocycles. The standard InChI is InChI=1S/C27H22ClIN4O2/c1-3-35-27-31-22-12-20(16-7-9-19(29)10-8-16)21(14-34)24(23-13-30-15-33(23)2)25(22)26(32-27)17-5-4-6-18(28)11-17/h4-13,15,34H,3,14H2,1-2H3. The van der Waals surface area contributed by atoms with Gasteiger partial charge in [-0.3, -0.25) is 0 Å². The average Bonchev–Trinajstić information content (AvgIpc) is 3.28. The van der Waals surface area contributed by atoms with E-state index in [1.54, 1.807) is 12.5 Å². The molecule has 6 nitrogen and oxygen atoms in total. The Morgan fingerprint density at radius 1 is 1.06 bits per heavy atom. The summed E-state index contributed by atoms with van der Waals surface area (Å²) in [6.07, 6.45) is 3.54. The van der Waals surface area contributed by atoms with E-state index in [4.69, 9.17) is 26.3 Å². The van der Waals surface area contributed by atoms with Crippen LogP contribution in [0.2, 0.25) is 5.02 Å². The second-order valence-electron chi connectivity index (χ2n) is 8.02.